The van der Waals surface area contributed by atoms with E-state index in [-0.39, 0.29) is 18.4 Å². The first kappa shape index (κ1) is 14.4. The second-order valence-corrected chi connectivity index (χ2v) is 4.77. The lowest BCUT2D eigenvalue weighted by Crippen LogP contribution is -2.65. The third kappa shape index (κ3) is 3.16. The van der Waals surface area contributed by atoms with E-state index in [0.717, 1.165) is 0 Å². The molecular formula is C11H21NO5. The van der Waals surface area contributed by atoms with Crippen molar-refractivity contribution in [3.63, 3.8) is 0 Å². The van der Waals surface area contributed by atoms with Crippen LogP contribution in [0.1, 0.15) is 20.8 Å². The highest BCUT2D eigenvalue weighted by Crippen LogP contribution is 2.25. The van der Waals surface area contributed by atoms with Crippen LogP contribution in [0.4, 0.5) is 0 Å². The van der Waals surface area contributed by atoms with Crippen LogP contribution in [0.25, 0.3) is 0 Å². The Balaban J connectivity index is 2.86. The van der Waals surface area contributed by atoms with Crippen LogP contribution in [0, 0.1) is 5.92 Å². The molecule has 1 aliphatic rings. The van der Waals surface area contributed by atoms with E-state index in [4.69, 9.17) is 9.84 Å². The lowest BCUT2D eigenvalue weighted by atomic mass is 9.87. The van der Waals surface area contributed by atoms with Gasteiger partial charge < -0.3 is 25.4 Å². The number of hydrogen-bond donors (Lipinski definition) is 4. The molecular weight excluding hydrogens is 226 g/mol. The van der Waals surface area contributed by atoms with E-state index < -0.39 is 30.5 Å². The summed E-state index contributed by atoms with van der Waals surface area (Å²) in [7, 11) is 0. The monoisotopic (exact) mass is 247 g/mol. The van der Waals surface area contributed by atoms with Gasteiger partial charge in [0.05, 0.1) is 18.8 Å². The van der Waals surface area contributed by atoms with Crippen molar-refractivity contribution in [3.05, 3.63) is 0 Å². The Labute approximate surface area is 101 Å². The number of aliphatic hydroxyl groups excluding tert-OH is 3. The van der Waals surface area contributed by atoms with Crippen molar-refractivity contribution in [1.82, 2.24) is 5.32 Å². The van der Waals surface area contributed by atoms with E-state index in [1.54, 1.807) is 0 Å². The van der Waals surface area contributed by atoms with Crippen molar-refractivity contribution in [2.45, 2.75) is 51.2 Å². The van der Waals surface area contributed by atoms with Crippen molar-refractivity contribution >= 4 is 5.91 Å². The van der Waals surface area contributed by atoms with E-state index in [0.29, 0.717) is 0 Å². The lowest BCUT2D eigenvalue weighted by Gasteiger charge is -2.44. The predicted octanol–water partition coefficient (Wildman–Crippen LogP) is -1.37. The van der Waals surface area contributed by atoms with Crippen molar-refractivity contribution in [3.8, 4) is 0 Å². The van der Waals surface area contributed by atoms with Crippen molar-refractivity contribution < 1.29 is 24.9 Å². The van der Waals surface area contributed by atoms with Crippen molar-refractivity contribution in [2.24, 2.45) is 5.92 Å². The molecule has 1 fully saturated rings. The van der Waals surface area contributed by atoms with Crippen LogP contribution in [0.15, 0.2) is 0 Å². The van der Waals surface area contributed by atoms with Crippen molar-refractivity contribution in [1.29, 1.82) is 0 Å². The summed E-state index contributed by atoms with van der Waals surface area (Å²) < 4.78 is 5.52. The molecule has 0 aromatic rings. The zero-order chi connectivity index (χ0) is 13.2. The van der Waals surface area contributed by atoms with Gasteiger partial charge in [0.25, 0.3) is 0 Å². The number of carbonyl (C=O) groups excluding carboxylic acids is 1. The first-order valence-electron chi connectivity index (χ1n) is 5.78. The van der Waals surface area contributed by atoms with Crippen LogP contribution in [0.5, 0.6) is 0 Å². The van der Waals surface area contributed by atoms with E-state index >= 15 is 0 Å². The summed E-state index contributed by atoms with van der Waals surface area (Å²) in [6, 6.07) is -0.662. The number of rotatable bonds is 3. The average molecular weight is 247 g/mol. The highest BCUT2D eigenvalue weighted by molar-refractivity contribution is 5.73. The molecule has 1 amide bonds. The van der Waals surface area contributed by atoms with Gasteiger partial charge in [-0.25, -0.2) is 0 Å². The van der Waals surface area contributed by atoms with Gasteiger partial charge in [0.2, 0.25) is 5.91 Å². The Morgan fingerprint density at radius 1 is 1.35 bits per heavy atom. The molecule has 0 aromatic carbocycles. The number of carbonyl (C=O) groups is 1. The van der Waals surface area contributed by atoms with Gasteiger partial charge in [-0.2, -0.15) is 0 Å². The highest BCUT2D eigenvalue weighted by atomic mass is 16.5. The molecule has 0 saturated carbocycles. The summed E-state index contributed by atoms with van der Waals surface area (Å²) >= 11 is 0. The molecule has 0 bridgehead atoms. The zero-order valence-corrected chi connectivity index (χ0v) is 10.3. The lowest BCUT2D eigenvalue weighted by molar-refractivity contribution is -0.204. The molecule has 17 heavy (non-hydrogen) atoms. The smallest absolute Gasteiger partial charge is 0.217 e. The Morgan fingerprint density at radius 2 is 1.94 bits per heavy atom. The molecule has 1 saturated heterocycles. The molecule has 0 radical (unpaired) electrons. The molecule has 0 aliphatic carbocycles. The second-order valence-electron chi connectivity index (χ2n) is 4.77. The van der Waals surface area contributed by atoms with Gasteiger partial charge in [-0.3, -0.25) is 4.79 Å². The fourth-order valence-corrected chi connectivity index (χ4v) is 2.12. The number of ether oxygens (including phenoxy) is 1. The van der Waals surface area contributed by atoms with Gasteiger partial charge in [0.15, 0.2) is 0 Å². The normalized spacial score (nSPS) is 38.2. The number of hydrogen-bond acceptors (Lipinski definition) is 5. The maximum absolute atomic E-state index is 11.1. The Morgan fingerprint density at radius 3 is 2.35 bits per heavy atom. The number of nitrogens with one attached hydrogen (secondary N) is 1. The van der Waals surface area contributed by atoms with Crippen LogP contribution >= 0.6 is 0 Å². The van der Waals surface area contributed by atoms with Crippen LogP contribution in [0.2, 0.25) is 0 Å². The summed E-state index contributed by atoms with van der Waals surface area (Å²) in [5.41, 5.74) is 0. The molecule has 100 valence electrons. The van der Waals surface area contributed by atoms with Crippen molar-refractivity contribution in [2.75, 3.05) is 6.61 Å². The van der Waals surface area contributed by atoms with Gasteiger partial charge >= 0.3 is 0 Å². The zero-order valence-electron chi connectivity index (χ0n) is 10.3. The standard InChI is InChI=1S/C11H21NO5/c1-5(2)11-8(12-6(3)14)10(16)9(15)7(4-13)17-11/h5,7-11,13,15-16H,4H2,1-3H3,(H,12,14)/t7?,8?,9-,10?,11-/m0/s1. The van der Waals surface area contributed by atoms with Crippen LogP contribution in [-0.2, 0) is 9.53 Å². The largest absolute Gasteiger partial charge is 0.394 e. The fraction of sp³-hybridized carbons (Fsp3) is 0.909. The minimum Gasteiger partial charge on any atom is -0.394 e. The third-order valence-corrected chi connectivity index (χ3v) is 2.99. The Kier molecular flexibility index (Phi) is 4.88. The van der Waals surface area contributed by atoms with Gasteiger partial charge in [-0.1, -0.05) is 13.8 Å². The maximum Gasteiger partial charge on any atom is 0.217 e. The Hall–Kier alpha value is -0.690. The minimum absolute atomic E-state index is 0.0445. The van der Waals surface area contributed by atoms with Crippen LogP contribution < -0.4 is 5.32 Å². The number of aliphatic hydroxyl groups is 3. The van der Waals surface area contributed by atoms with E-state index in [1.165, 1.54) is 6.92 Å². The molecule has 0 aromatic heterocycles. The summed E-state index contributed by atoms with van der Waals surface area (Å²) in [4.78, 5) is 11.1. The maximum atomic E-state index is 11.1. The molecule has 5 atom stereocenters. The van der Waals surface area contributed by atoms with Gasteiger partial charge in [-0.15, -0.1) is 0 Å². The summed E-state index contributed by atoms with van der Waals surface area (Å²) in [6.45, 7) is 4.75. The molecule has 6 heteroatoms. The molecule has 4 N–H and O–H groups in total. The SMILES string of the molecule is CC(=O)NC1C(O)[C@@H](O)C(CO)O[C@H]1C(C)C. The molecule has 1 rings (SSSR count). The predicted molar refractivity (Wildman–Crippen MR) is 60.2 cm³/mol. The summed E-state index contributed by atoms with van der Waals surface area (Å²) in [5, 5.41) is 31.3. The molecule has 0 spiro atoms. The number of amides is 1. The second kappa shape index (κ2) is 5.77. The van der Waals surface area contributed by atoms with Gasteiger partial charge in [0.1, 0.15) is 18.3 Å². The van der Waals surface area contributed by atoms with Gasteiger partial charge in [0, 0.05) is 6.92 Å². The third-order valence-electron chi connectivity index (χ3n) is 2.99. The highest BCUT2D eigenvalue weighted by Gasteiger charge is 2.45. The fourth-order valence-electron chi connectivity index (χ4n) is 2.12. The van der Waals surface area contributed by atoms with E-state index in [2.05, 4.69) is 5.32 Å². The molecule has 1 heterocycles. The van der Waals surface area contributed by atoms with E-state index in [1.807, 2.05) is 13.8 Å². The van der Waals surface area contributed by atoms with E-state index in [9.17, 15) is 15.0 Å². The summed E-state index contributed by atoms with van der Waals surface area (Å²) in [5.74, 6) is -0.249. The topological polar surface area (TPSA) is 99.0 Å². The molecule has 1 aliphatic heterocycles. The quantitative estimate of drug-likeness (QED) is 0.493. The summed E-state index contributed by atoms with van der Waals surface area (Å²) in [6.07, 6.45) is -3.60. The molecule has 6 nitrogen and oxygen atoms in total. The van der Waals surface area contributed by atoms with Gasteiger partial charge in [-0.05, 0) is 5.92 Å². The Bertz CT molecular complexity index is 271. The minimum atomic E-state index is -1.20. The first-order chi connectivity index (χ1) is 7.88. The average Bonchev–Trinajstić information content (AvgIpc) is 2.24. The molecule has 3 unspecified atom stereocenters. The van der Waals surface area contributed by atoms with Crippen LogP contribution in [-0.4, -0.2) is 58.3 Å². The first-order valence-corrected chi connectivity index (χ1v) is 5.78. The van der Waals surface area contributed by atoms with Crippen LogP contribution in [0.3, 0.4) is 0 Å².